The molecule has 100 valence electrons. The summed E-state index contributed by atoms with van der Waals surface area (Å²) < 4.78 is 31.5. The number of sulfonamides is 1. The molecule has 1 atom stereocenters. The minimum Gasteiger partial charge on any atom is -0.497 e. The molecular weight excluding hydrogens is 252 g/mol. The molecule has 0 saturated carbocycles. The van der Waals surface area contributed by atoms with Crippen LogP contribution in [0.3, 0.4) is 0 Å². The first-order valence-electron chi connectivity index (χ1n) is 5.92. The monoisotopic (exact) mass is 270 g/mol. The van der Waals surface area contributed by atoms with Gasteiger partial charge in [0, 0.05) is 25.7 Å². The molecule has 6 heteroatoms. The van der Waals surface area contributed by atoms with Crippen LogP contribution in [-0.4, -0.2) is 45.5 Å². The Balaban J connectivity index is 2.28. The van der Waals surface area contributed by atoms with Crippen molar-refractivity contribution in [2.45, 2.75) is 17.9 Å². The molecule has 0 unspecified atom stereocenters. The highest BCUT2D eigenvalue weighted by atomic mass is 32.2. The van der Waals surface area contributed by atoms with E-state index in [2.05, 4.69) is 5.32 Å². The van der Waals surface area contributed by atoms with Gasteiger partial charge in [0.15, 0.2) is 0 Å². The standard InChI is InChI=1S/C12H18N2O3S/c1-10-9-13-7-8-14(10)18(15,16)12-5-3-11(17-2)4-6-12/h3-6,10,13H,7-9H2,1-2H3/t10-/m1/s1. The second-order valence-corrected chi connectivity index (χ2v) is 6.23. The van der Waals surface area contributed by atoms with E-state index in [1.54, 1.807) is 35.7 Å². The third-order valence-electron chi connectivity index (χ3n) is 3.11. The van der Waals surface area contributed by atoms with Crippen molar-refractivity contribution in [3.8, 4) is 5.75 Å². The van der Waals surface area contributed by atoms with Crippen molar-refractivity contribution < 1.29 is 13.2 Å². The van der Waals surface area contributed by atoms with Gasteiger partial charge in [0.05, 0.1) is 12.0 Å². The van der Waals surface area contributed by atoms with Crippen molar-refractivity contribution in [1.29, 1.82) is 0 Å². The maximum Gasteiger partial charge on any atom is 0.243 e. The van der Waals surface area contributed by atoms with Gasteiger partial charge < -0.3 is 10.1 Å². The number of benzene rings is 1. The second kappa shape index (κ2) is 5.26. The molecule has 0 radical (unpaired) electrons. The molecule has 18 heavy (non-hydrogen) atoms. The van der Waals surface area contributed by atoms with E-state index in [4.69, 9.17) is 4.74 Å². The van der Waals surface area contributed by atoms with Gasteiger partial charge >= 0.3 is 0 Å². The predicted octanol–water partition coefficient (Wildman–Crippen LogP) is 0.678. The summed E-state index contributed by atoms with van der Waals surface area (Å²) >= 11 is 0. The predicted molar refractivity (Wildman–Crippen MR) is 69.2 cm³/mol. The van der Waals surface area contributed by atoms with Crippen molar-refractivity contribution >= 4 is 10.0 Å². The molecule has 0 bridgehead atoms. The van der Waals surface area contributed by atoms with Crippen LogP contribution in [-0.2, 0) is 10.0 Å². The van der Waals surface area contributed by atoms with Crippen molar-refractivity contribution in [3.05, 3.63) is 24.3 Å². The van der Waals surface area contributed by atoms with Gasteiger partial charge in [0.25, 0.3) is 0 Å². The topological polar surface area (TPSA) is 58.6 Å². The smallest absolute Gasteiger partial charge is 0.243 e. The Morgan fingerprint density at radius 3 is 2.56 bits per heavy atom. The minimum absolute atomic E-state index is 0.0224. The Kier molecular flexibility index (Phi) is 3.89. The lowest BCUT2D eigenvalue weighted by Crippen LogP contribution is -2.52. The fourth-order valence-corrected chi connectivity index (χ4v) is 3.69. The maximum absolute atomic E-state index is 12.5. The highest BCUT2D eigenvalue weighted by Gasteiger charge is 2.30. The lowest BCUT2D eigenvalue weighted by Gasteiger charge is -2.32. The summed E-state index contributed by atoms with van der Waals surface area (Å²) in [5.74, 6) is 0.655. The van der Waals surface area contributed by atoms with E-state index in [1.165, 1.54) is 0 Å². The molecule has 1 fully saturated rings. The number of ether oxygens (including phenoxy) is 1. The summed E-state index contributed by atoms with van der Waals surface area (Å²) in [7, 11) is -1.84. The van der Waals surface area contributed by atoms with Gasteiger partial charge in [0.1, 0.15) is 5.75 Å². The van der Waals surface area contributed by atoms with Crippen LogP contribution >= 0.6 is 0 Å². The third-order valence-corrected chi connectivity index (χ3v) is 5.13. The Hall–Kier alpha value is -1.11. The first kappa shape index (κ1) is 13.3. The van der Waals surface area contributed by atoms with Crippen LogP contribution in [0, 0.1) is 0 Å². The Morgan fingerprint density at radius 2 is 2.00 bits per heavy atom. The van der Waals surface area contributed by atoms with Gasteiger partial charge in [-0.1, -0.05) is 0 Å². The normalized spacial score (nSPS) is 21.8. The van der Waals surface area contributed by atoms with Gasteiger partial charge in [-0.2, -0.15) is 4.31 Å². The second-order valence-electron chi connectivity index (χ2n) is 4.34. The minimum atomic E-state index is -3.40. The molecule has 5 nitrogen and oxygen atoms in total. The summed E-state index contributed by atoms with van der Waals surface area (Å²) in [5.41, 5.74) is 0. The molecule has 1 saturated heterocycles. The highest BCUT2D eigenvalue weighted by molar-refractivity contribution is 7.89. The third kappa shape index (κ3) is 2.50. The molecule has 0 aliphatic carbocycles. The molecule has 2 rings (SSSR count). The first-order chi connectivity index (χ1) is 8.55. The van der Waals surface area contributed by atoms with E-state index in [0.717, 1.165) is 0 Å². The molecular formula is C12H18N2O3S. The fraction of sp³-hybridized carbons (Fsp3) is 0.500. The number of piperazine rings is 1. The van der Waals surface area contributed by atoms with Gasteiger partial charge in [-0.15, -0.1) is 0 Å². The number of rotatable bonds is 3. The SMILES string of the molecule is COc1ccc(S(=O)(=O)N2CCNC[C@H]2C)cc1. The van der Waals surface area contributed by atoms with Crippen molar-refractivity contribution in [2.24, 2.45) is 0 Å². The molecule has 1 heterocycles. The van der Waals surface area contributed by atoms with Crippen LogP contribution in [0.1, 0.15) is 6.92 Å². The van der Waals surface area contributed by atoms with Crippen molar-refractivity contribution in [3.63, 3.8) is 0 Å². The summed E-state index contributed by atoms with van der Waals surface area (Å²) in [4.78, 5) is 0.317. The molecule has 0 amide bonds. The van der Waals surface area contributed by atoms with Gasteiger partial charge in [-0.25, -0.2) is 8.42 Å². The van der Waals surface area contributed by atoms with Crippen molar-refractivity contribution in [1.82, 2.24) is 9.62 Å². The summed E-state index contributed by atoms with van der Waals surface area (Å²) in [6.45, 7) is 3.80. The summed E-state index contributed by atoms with van der Waals surface area (Å²) in [5, 5.41) is 3.18. The van der Waals surface area contributed by atoms with E-state index in [1.807, 2.05) is 6.92 Å². The lowest BCUT2D eigenvalue weighted by atomic mass is 10.3. The Labute approximate surface area is 108 Å². The van der Waals surface area contributed by atoms with Gasteiger partial charge in [0.2, 0.25) is 10.0 Å². The van der Waals surface area contributed by atoms with Crippen LogP contribution in [0.15, 0.2) is 29.2 Å². The van der Waals surface area contributed by atoms with Crippen LogP contribution < -0.4 is 10.1 Å². The molecule has 1 aliphatic rings. The number of hydrogen-bond donors (Lipinski definition) is 1. The van der Waals surface area contributed by atoms with Crippen molar-refractivity contribution in [2.75, 3.05) is 26.7 Å². The molecule has 0 aromatic heterocycles. The van der Waals surface area contributed by atoms with Gasteiger partial charge in [-0.3, -0.25) is 0 Å². The van der Waals surface area contributed by atoms with E-state index in [0.29, 0.717) is 30.3 Å². The van der Waals surface area contributed by atoms with E-state index in [9.17, 15) is 8.42 Å². The Morgan fingerprint density at radius 1 is 1.33 bits per heavy atom. The highest BCUT2D eigenvalue weighted by Crippen LogP contribution is 2.21. The van der Waals surface area contributed by atoms with Crippen LogP contribution in [0.5, 0.6) is 5.75 Å². The molecule has 1 N–H and O–H groups in total. The van der Waals surface area contributed by atoms with Crippen LogP contribution in [0.2, 0.25) is 0 Å². The molecule has 1 aromatic rings. The summed E-state index contributed by atoms with van der Waals surface area (Å²) in [6.07, 6.45) is 0. The maximum atomic E-state index is 12.5. The van der Waals surface area contributed by atoms with E-state index >= 15 is 0 Å². The van der Waals surface area contributed by atoms with Crippen LogP contribution in [0.4, 0.5) is 0 Å². The van der Waals surface area contributed by atoms with Gasteiger partial charge in [-0.05, 0) is 31.2 Å². The molecule has 0 spiro atoms. The quantitative estimate of drug-likeness (QED) is 0.877. The summed E-state index contributed by atoms with van der Waals surface area (Å²) in [6, 6.07) is 6.48. The average molecular weight is 270 g/mol. The molecule has 1 aliphatic heterocycles. The molecule has 1 aromatic carbocycles. The number of hydrogen-bond acceptors (Lipinski definition) is 4. The fourth-order valence-electron chi connectivity index (χ4n) is 2.06. The first-order valence-corrected chi connectivity index (χ1v) is 7.36. The number of nitrogens with zero attached hydrogens (tertiary/aromatic N) is 1. The van der Waals surface area contributed by atoms with E-state index < -0.39 is 10.0 Å². The van der Waals surface area contributed by atoms with Crippen LogP contribution in [0.25, 0.3) is 0 Å². The number of nitrogens with one attached hydrogen (secondary N) is 1. The zero-order valence-corrected chi connectivity index (χ0v) is 11.4. The zero-order valence-electron chi connectivity index (χ0n) is 10.6. The number of methoxy groups -OCH3 is 1. The van der Waals surface area contributed by atoms with E-state index in [-0.39, 0.29) is 6.04 Å². The Bertz CT molecular complexity index is 499. The average Bonchev–Trinajstić information content (AvgIpc) is 2.39. The largest absolute Gasteiger partial charge is 0.497 e. The lowest BCUT2D eigenvalue weighted by molar-refractivity contribution is 0.284. The zero-order chi connectivity index (χ0) is 13.2.